The molecule has 0 spiro atoms. The molecule has 1 aliphatic rings. The fourth-order valence-electron chi connectivity index (χ4n) is 2.24. The highest BCUT2D eigenvalue weighted by atomic mass is 16.7. The summed E-state index contributed by atoms with van der Waals surface area (Å²) in [4.78, 5) is 10.6. The maximum absolute atomic E-state index is 10.9. The van der Waals surface area contributed by atoms with Gasteiger partial charge in [0.1, 0.15) is 0 Å². The number of ether oxygens (including phenoxy) is 2. The van der Waals surface area contributed by atoms with Crippen LogP contribution < -0.4 is 14.8 Å². The predicted octanol–water partition coefficient (Wildman–Crippen LogP) is 3.24. The summed E-state index contributed by atoms with van der Waals surface area (Å²) < 4.78 is 10.7. The Morgan fingerprint density at radius 3 is 2.95 bits per heavy atom. The number of aryl methyl sites for hydroxylation is 1. The molecule has 2 aromatic rings. The van der Waals surface area contributed by atoms with Gasteiger partial charge in [-0.3, -0.25) is 10.1 Å². The third-order valence-electron chi connectivity index (χ3n) is 3.37. The fourth-order valence-corrected chi connectivity index (χ4v) is 2.24. The summed E-state index contributed by atoms with van der Waals surface area (Å²) in [6.45, 7) is 2.45. The van der Waals surface area contributed by atoms with Gasteiger partial charge in [-0.25, -0.2) is 0 Å². The molecule has 0 saturated heterocycles. The maximum atomic E-state index is 10.9. The van der Waals surface area contributed by atoms with Gasteiger partial charge in [-0.15, -0.1) is 0 Å². The highest BCUT2D eigenvalue weighted by molar-refractivity contribution is 5.56. The van der Waals surface area contributed by atoms with Crippen LogP contribution in [0.15, 0.2) is 36.4 Å². The number of nitrogens with one attached hydrogen (secondary N) is 1. The van der Waals surface area contributed by atoms with E-state index in [-0.39, 0.29) is 17.4 Å². The highest BCUT2D eigenvalue weighted by Gasteiger charge is 2.17. The molecule has 0 radical (unpaired) electrons. The van der Waals surface area contributed by atoms with Crippen LogP contribution in [-0.4, -0.2) is 11.7 Å². The van der Waals surface area contributed by atoms with Crippen LogP contribution in [0.4, 0.5) is 11.4 Å². The summed E-state index contributed by atoms with van der Waals surface area (Å²) in [5.41, 5.74) is 2.40. The number of hydrogen-bond acceptors (Lipinski definition) is 5. The first-order chi connectivity index (χ1) is 10.1. The van der Waals surface area contributed by atoms with Crippen LogP contribution in [0.3, 0.4) is 0 Å². The molecule has 0 bridgehead atoms. The van der Waals surface area contributed by atoms with Crippen molar-refractivity contribution in [1.29, 1.82) is 0 Å². The van der Waals surface area contributed by atoms with E-state index < -0.39 is 0 Å². The second-order valence-electron chi connectivity index (χ2n) is 4.76. The number of anilines is 1. The molecule has 3 rings (SSSR count). The largest absolute Gasteiger partial charge is 0.454 e. The molecule has 21 heavy (non-hydrogen) atoms. The van der Waals surface area contributed by atoms with Crippen molar-refractivity contribution >= 4 is 11.4 Å². The number of nitro benzene ring substituents is 1. The van der Waals surface area contributed by atoms with E-state index in [9.17, 15) is 10.1 Å². The van der Waals surface area contributed by atoms with Gasteiger partial charge >= 0.3 is 0 Å². The van der Waals surface area contributed by atoms with Crippen molar-refractivity contribution < 1.29 is 14.4 Å². The quantitative estimate of drug-likeness (QED) is 0.690. The molecule has 6 heteroatoms. The first kappa shape index (κ1) is 13.2. The molecule has 1 aliphatic heterocycles. The predicted molar refractivity (Wildman–Crippen MR) is 77.7 cm³/mol. The van der Waals surface area contributed by atoms with Gasteiger partial charge in [0.2, 0.25) is 6.79 Å². The van der Waals surface area contributed by atoms with Crippen LogP contribution in [-0.2, 0) is 6.54 Å². The van der Waals surface area contributed by atoms with E-state index in [1.54, 1.807) is 13.0 Å². The zero-order valence-electron chi connectivity index (χ0n) is 11.5. The number of nitrogens with zero attached hydrogens (tertiary/aromatic N) is 1. The van der Waals surface area contributed by atoms with E-state index in [1.165, 1.54) is 6.07 Å². The summed E-state index contributed by atoms with van der Waals surface area (Å²) in [5, 5.41) is 14.1. The Morgan fingerprint density at radius 1 is 1.29 bits per heavy atom. The van der Waals surface area contributed by atoms with Gasteiger partial charge in [-0.2, -0.15) is 0 Å². The molecule has 0 fully saturated rings. The van der Waals surface area contributed by atoms with Crippen molar-refractivity contribution in [3.8, 4) is 11.5 Å². The van der Waals surface area contributed by atoms with E-state index in [2.05, 4.69) is 5.32 Å². The van der Waals surface area contributed by atoms with Crippen molar-refractivity contribution in [2.75, 3.05) is 12.1 Å². The average molecular weight is 286 g/mol. The first-order valence-electron chi connectivity index (χ1n) is 6.51. The number of rotatable bonds is 4. The Bertz CT molecular complexity index is 700. The molecule has 0 amide bonds. The monoisotopic (exact) mass is 286 g/mol. The van der Waals surface area contributed by atoms with Crippen molar-refractivity contribution in [3.05, 3.63) is 57.6 Å². The topological polar surface area (TPSA) is 73.6 Å². The van der Waals surface area contributed by atoms with Gasteiger partial charge < -0.3 is 14.8 Å². The highest BCUT2D eigenvalue weighted by Crippen LogP contribution is 2.35. The molecule has 108 valence electrons. The number of para-hydroxylation sites is 1. The fraction of sp³-hybridized carbons (Fsp3) is 0.200. The SMILES string of the molecule is Cc1ccc(NCc2cccc3c2OCO3)cc1[N+](=O)[O-]. The van der Waals surface area contributed by atoms with Gasteiger partial charge in [0.15, 0.2) is 11.5 Å². The van der Waals surface area contributed by atoms with Gasteiger partial charge in [0.05, 0.1) is 4.92 Å². The van der Waals surface area contributed by atoms with Crippen molar-refractivity contribution in [1.82, 2.24) is 0 Å². The third-order valence-corrected chi connectivity index (χ3v) is 3.37. The molecule has 0 saturated carbocycles. The molecule has 0 unspecified atom stereocenters. The Morgan fingerprint density at radius 2 is 2.14 bits per heavy atom. The van der Waals surface area contributed by atoms with Gasteiger partial charge in [-0.1, -0.05) is 18.2 Å². The number of benzene rings is 2. The summed E-state index contributed by atoms with van der Waals surface area (Å²) in [6.07, 6.45) is 0. The standard InChI is InChI=1S/C15H14N2O4/c1-10-5-6-12(7-13(10)17(18)19)16-8-11-3-2-4-14-15(11)21-9-20-14/h2-7,16H,8-9H2,1H3. The van der Waals surface area contributed by atoms with Crippen LogP contribution in [0.5, 0.6) is 11.5 Å². The van der Waals surface area contributed by atoms with E-state index in [4.69, 9.17) is 9.47 Å². The van der Waals surface area contributed by atoms with Crippen LogP contribution in [0.25, 0.3) is 0 Å². The number of fused-ring (bicyclic) bond motifs is 1. The molecule has 2 aromatic carbocycles. The van der Waals surface area contributed by atoms with E-state index in [0.29, 0.717) is 17.8 Å². The maximum Gasteiger partial charge on any atom is 0.274 e. The lowest BCUT2D eigenvalue weighted by molar-refractivity contribution is -0.385. The molecule has 1 N–H and O–H groups in total. The normalized spacial score (nSPS) is 12.2. The Kier molecular flexibility index (Phi) is 3.35. The lowest BCUT2D eigenvalue weighted by Gasteiger charge is -2.09. The average Bonchev–Trinajstić information content (AvgIpc) is 2.95. The second kappa shape index (κ2) is 5.32. The smallest absolute Gasteiger partial charge is 0.274 e. The zero-order valence-corrected chi connectivity index (χ0v) is 11.5. The van der Waals surface area contributed by atoms with E-state index in [0.717, 1.165) is 17.1 Å². The summed E-state index contributed by atoms with van der Waals surface area (Å²) in [5.74, 6) is 1.45. The minimum Gasteiger partial charge on any atom is -0.454 e. The summed E-state index contributed by atoms with van der Waals surface area (Å²) in [6, 6.07) is 10.8. The van der Waals surface area contributed by atoms with Crippen LogP contribution in [0, 0.1) is 17.0 Å². The summed E-state index contributed by atoms with van der Waals surface area (Å²) >= 11 is 0. The Labute approximate surface area is 121 Å². The van der Waals surface area contributed by atoms with Gasteiger partial charge in [-0.05, 0) is 19.1 Å². The van der Waals surface area contributed by atoms with Crippen molar-refractivity contribution in [2.24, 2.45) is 0 Å². The minimum atomic E-state index is -0.377. The molecular weight excluding hydrogens is 272 g/mol. The van der Waals surface area contributed by atoms with Gasteiger partial charge in [0.25, 0.3) is 5.69 Å². The zero-order chi connectivity index (χ0) is 14.8. The van der Waals surface area contributed by atoms with Crippen molar-refractivity contribution in [3.63, 3.8) is 0 Å². The van der Waals surface area contributed by atoms with Gasteiger partial charge in [0, 0.05) is 29.4 Å². The number of hydrogen-bond donors (Lipinski definition) is 1. The first-order valence-corrected chi connectivity index (χ1v) is 6.51. The lowest BCUT2D eigenvalue weighted by atomic mass is 10.1. The molecule has 6 nitrogen and oxygen atoms in total. The van der Waals surface area contributed by atoms with Crippen molar-refractivity contribution in [2.45, 2.75) is 13.5 Å². The lowest BCUT2D eigenvalue weighted by Crippen LogP contribution is -2.02. The Hall–Kier alpha value is -2.76. The molecule has 0 atom stereocenters. The molecule has 0 aliphatic carbocycles. The van der Waals surface area contributed by atoms with Crippen LogP contribution in [0.2, 0.25) is 0 Å². The van der Waals surface area contributed by atoms with Crippen LogP contribution >= 0.6 is 0 Å². The Balaban J connectivity index is 1.78. The number of nitro groups is 1. The molecule has 1 heterocycles. The molecular formula is C15H14N2O4. The van der Waals surface area contributed by atoms with Crippen LogP contribution in [0.1, 0.15) is 11.1 Å². The summed E-state index contributed by atoms with van der Waals surface area (Å²) in [7, 11) is 0. The minimum absolute atomic E-state index is 0.109. The van der Waals surface area contributed by atoms with E-state index >= 15 is 0 Å². The second-order valence-corrected chi connectivity index (χ2v) is 4.76. The van der Waals surface area contributed by atoms with E-state index in [1.807, 2.05) is 24.3 Å². The molecule has 0 aromatic heterocycles. The third kappa shape index (κ3) is 2.60.